The molecule has 0 N–H and O–H groups in total. The molecule has 3 heterocycles. The van der Waals surface area contributed by atoms with Gasteiger partial charge in [-0.3, -0.25) is 13.8 Å². The van der Waals surface area contributed by atoms with E-state index in [9.17, 15) is 13.8 Å². The third-order valence-electron chi connectivity index (χ3n) is 5.86. The number of amides is 2. The third-order valence-corrected chi connectivity index (χ3v) is 7.42. The number of carbonyl (C=O) groups excluding carboxylic acids is 2. The number of hydrogen-bond donors (Lipinski definition) is 0. The van der Waals surface area contributed by atoms with Crippen molar-refractivity contribution >= 4 is 39.9 Å². The van der Waals surface area contributed by atoms with Gasteiger partial charge in [0.15, 0.2) is 5.16 Å². The molecule has 0 radical (unpaired) electrons. The molecule has 0 bridgehead atoms. The van der Waals surface area contributed by atoms with Gasteiger partial charge in [0, 0.05) is 23.8 Å². The molecule has 0 saturated carbocycles. The normalized spacial score (nSPS) is 19.9. The van der Waals surface area contributed by atoms with Crippen LogP contribution in [0.5, 0.6) is 0 Å². The Morgan fingerprint density at radius 1 is 1.18 bits per heavy atom. The van der Waals surface area contributed by atoms with E-state index in [0.29, 0.717) is 46.0 Å². The van der Waals surface area contributed by atoms with Gasteiger partial charge in [-0.15, -0.1) is 0 Å². The maximum Gasteiger partial charge on any atom is 0.272 e. The third kappa shape index (κ3) is 3.81. The number of aromatic nitrogens is 2. The van der Waals surface area contributed by atoms with E-state index in [1.807, 2.05) is 6.07 Å². The van der Waals surface area contributed by atoms with Gasteiger partial charge in [0.1, 0.15) is 12.2 Å². The fourth-order valence-electron chi connectivity index (χ4n) is 4.21. The second-order valence-electron chi connectivity index (χ2n) is 7.81. The van der Waals surface area contributed by atoms with Gasteiger partial charge < -0.3 is 14.4 Å². The Balaban J connectivity index is 1.40. The van der Waals surface area contributed by atoms with Crippen LogP contribution < -0.4 is 4.90 Å². The Bertz CT molecular complexity index is 1330. The van der Waals surface area contributed by atoms with Gasteiger partial charge in [0.05, 0.1) is 40.4 Å². The van der Waals surface area contributed by atoms with Crippen molar-refractivity contribution < 1.29 is 13.8 Å². The molecule has 2 unspecified atom stereocenters. The Morgan fingerprint density at radius 3 is 2.67 bits per heavy atom. The first kappa shape index (κ1) is 21.4. The van der Waals surface area contributed by atoms with E-state index in [0.717, 1.165) is 5.56 Å². The molecule has 1 aromatic heterocycles. The van der Waals surface area contributed by atoms with Crippen molar-refractivity contribution in [3.05, 3.63) is 76.6 Å². The molecule has 1 saturated heterocycles. The summed E-state index contributed by atoms with van der Waals surface area (Å²) in [6.45, 7) is 0.621. The Kier molecular flexibility index (Phi) is 5.48. The lowest BCUT2D eigenvalue weighted by atomic mass is 10.1. The topological polar surface area (TPSA) is 99.3 Å². The van der Waals surface area contributed by atoms with Crippen LogP contribution in [-0.2, 0) is 15.6 Å². The molecular formula is C23H18ClN5O3S. The molecule has 2 aliphatic heterocycles. The molecule has 0 aliphatic carbocycles. The highest BCUT2D eigenvalue weighted by atomic mass is 35.5. The zero-order chi connectivity index (χ0) is 23.1. The summed E-state index contributed by atoms with van der Waals surface area (Å²) in [5.74, 6) is -0.229. The molecule has 0 spiro atoms. The van der Waals surface area contributed by atoms with E-state index in [1.165, 1.54) is 11.1 Å². The number of fused-ring (bicyclic) bond motifs is 1. The molecule has 166 valence electrons. The lowest BCUT2D eigenvalue weighted by Gasteiger charge is -2.34. The van der Waals surface area contributed by atoms with Crippen LogP contribution in [0.4, 0.5) is 5.69 Å². The van der Waals surface area contributed by atoms with Gasteiger partial charge >= 0.3 is 0 Å². The fourth-order valence-corrected chi connectivity index (χ4v) is 5.79. The van der Waals surface area contributed by atoms with Crippen molar-refractivity contribution in [1.29, 1.82) is 5.26 Å². The number of nitriles is 1. The van der Waals surface area contributed by atoms with Crippen LogP contribution in [0.3, 0.4) is 0 Å². The maximum atomic E-state index is 13.4. The minimum atomic E-state index is -1.35. The summed E-state index contributed by atoms with van der Waals surface area (Å²) in [6, 6.07) is 15.8. The molecule has 1 fully saturated rings. The number of rotatable bonds is 3. The Morgan fingerprint density at radius 2 is 1.97 bits per heavy atom. The quantitative estimate of drug-likeness (QED) is 0.575. The van der Waals surface area contributed by atoms with E-state index >= 15 is 0 Å². The van der Waals surface area contributed by atoms with Crippen LogP contribution >= 0.6 is 11.6 Å². The van der Waals surface area contributed by atoms with E-state index < -0.39 is 10.8 Å². The molecule has 10 heteroatoms. The molecular weight excluding hydrogens is 462 g/mol. The monoisotopic (exact) mass is 479 g/mol. The highest BCUT2D eigenvalue weighted by Gasteiger charge is 2.37. The summed E-state index contributed by atoms with van der Waals surface area (Å²) in [5.41, 5.74) is 2.36. The molecule has 8 nitrogen and oxygen atoms in total. The maximum absolute atomic E-state index is 13.4. The van der Waals surface area contributed by atoms with E-state index in [-0.39, 0.29) is 24.4 Å². The van der Waals surface area contributed by atoms with Gasteiger partial charge in [-0.2, -0.15) is 5.26 Å². The highest BCUT2D eigenvalue weighted by molar-refractivity contribution is 7.85. The van der Waals surface area contributed by atoms with Crippen molar-refractivity contribution in [3.8, 4) is 6.07 Å². The lowest BCUT2D eigenvalue weighted by Crippen LogP contribution is -2.52. The van der Waals surface area contributed by atoms with Gasteiger partial charge in [-0.25, -0.2) is 4.98 Å². The Hall–Kier alpha value is -3.48. The number of halogens is 1. The predicted molar refractivity (Wildman–Crippen MR) is 123 cm³/mol. The van der Waals surface area contributed by atoms with E-state index in [1.54, 1.807) is 51.9 Å². The zero-order valence-electron chi connectivity index (χ0n) is 17.3. The fraction of sp³-hybridized carbons (Fsp3) is 0.217. The average Bonchev–Trinajstić information content (AvgIpc) is 3.40. The van der Waals surface area contributed by atoms with Crippen molar-refractivity contribution in [1.82, 2.24) is 14.5 Å². The van der Waals surface area contributed by atoms with Crippen LogP contribution in [0, 0.1) is 11.3 Å². The largest absolute Gasteiger partial charge is 0.326 e. The summed E-state index contributed by atoms with van der Waals surface area (Å²) in [4.78, 5) is 33.5. The minimum Gasteiger partial charge on any atom is -0.326 e. The number of piperazine rings is 1. The number of imidazole rings is 1. The number of benzene rings is 2. The van der Waals surface area contributed by atoms with Crippen LogP contribution in [0.2, 0.25) is 5.02 Å². The van der Waals surface area contributed by atoms with Crippen molar-refractivity contribution in [2.45, 2.75) is 11.2 Å². The first-order chi connectivity index (χ1) is 16.0. The minimum absolute atomic E-state index is 0.0729. The molecule has 33 heavy (non-hydrogen) atoms. The molecule has 5 rings (SSSR count). The summed E-state index contributed by atoms with van der Waals surface area (Å²) in [5, 5.41) is 9.93. The van der Waals surface area contributed by atoms with Gasteiger partial charge in [0.25, 0.3) is 5.91 Å². The smallest absolute Gasteiger partial charge is 0.272 e. The zero-order valence-corrected chi connectivity index (χ0v) is 18.9. The number of nitrogens with zero attached hydrogens (tertiary/aromatic N) is 5. The van der Waals surface area contributed by atoms with Crippen LogP contribution in [-0.4, -0.2) is 55.9 Å². The summed E-state index contributed by atoms with van der Waals surface area (Å²) in [7, 11) is -1.35. The van der Waals surface area contributed by atoms with Gasteiger partial charge in [-0.1, -0.05) is 29.8 Å². The highest BCUT2D eigenvalue weighted by Crippen LogP contribution is 2.33. The summed E-state index contributed by atoms with van der Waals surface area (Å²) >= 11 is 6.05. The number of carbonyl (C=O) groups is 2. The van der Waals surface area contributed by atoms with Gasteiger partial charge in [-0.05, 0) is 35.9 Å². The first-order valence-corrected chi connectivity index (χ1v) is 12.0. The second kappa shape index (κ2) is 8.46. The van der Waals surface area contributed by atoms with Crippen LogP contribution in [0.1, 0.15) is 27.7 Å². The van der Waals surface area contributed by atoms with Crippen molar-refractivity contribution in [3.63, 3.8) is 0 Å². The summed E-state index contributed by atoms with van der Waals surface area (Å²) in [6.07, 6.45) is 1.43. The van der Waals surface area contributed by atoms with E-state index in [2.05, 4.69) is 11.1 Å². The summed E-state index contributed by atoms with van der Waals surface area (Å²) < 4.78 is 14.3. The van der Waals surface area contributed by atoms with Crippen LogP contribution in [0.15, 0.2) is 59.9 Å². The van der Waals surface area contributed by atoms with E-state index in [4.69, 9.17) is 16.9 Å². The number of hydrogen-bond acceptors (Lipinski definition) is 5. The molecule has 2 amide bonds. The molecule has 2 aliphatic rings. The van der Waals surface area contributed by atoms with Crippen molar-refractivity contribution in [2.75, 3.05) is 30.3 Å². The standard InChI is InChI=1S/C23H18ClN5O3S/c24-17-2-1-3-18(10-17)28-9-8-27(13-21(28)30)22(31)19-12-26-23-29(19)20(14-33(23)32)16-6-4-15(11-25)5-7-16/h1-7,10,12,20H,8-9,13-14H2. The second-order valence-corrected chi connectivity index (χ2v) is 9.64. The number of anilines is 1. The Labute approximate surface area is 197 Å². The van der Waals surface area contributed by atoms with Gasteiger partial charge in [0.2, 0.25) is 5.91 Å². The first-order valence-electron chi connectivity index (χ1n) is 10.3. The molecule has 2 atom stereocenters. The average molecular weight is 480 g/mol. The molecule has 3 aromatic rings. The predicted octanol–water partition coefficient (Wildman–Crippen LogP) is 2.61. The SMILES string of the molecule is N#Cc1ccc(C2CS(=O)c3ncc(C(=O)N4CCN(c5cccc(Cl)c5)C(=O)C4)n32)cc1. The molecule has 2 aromatic carbocycles. The lowest BCUT2D eigenvalue weighted by molar-refractivity contribution is -0.120. The van der Waals surface area contributed by atoms with Crippen LogP contribution in [0.25, 0.3) is 0 Å². The van der Waals surface area contributed by atoms with Crippen molar-refractivity contribution in [2.24, 2.45) is 0 Å².